The summed E-state index contributed by atoms with van der Waals surface area (Å²) in [5.41, 5.74) is 0. The van der Waals surface area contributed by atoms with Crippen molar-refractivity contribution in [3.63, 3.8) is 0 Å². The molecule has 1 unspecified atom stereocenters. The third kappa shape index (κ3) is 5.43. The van der Waals surface area contributed by atoms with E-state index in [1.807, 2.05) is 6.07 Å². The average Bonchev–Trinajstić information content (AvgIpc) is 2.29. The molecule has 6 heteroatoms. The lowest BCUT2D eigenvalue weighted by Crippen LogP contribution is -2.48. The number of nitrogens with one attached hydrogen (secondary N) is 1. The number of carboxylic acids is 1. The summed E-state index contributed by atoms with van der Waals surface area (Å²) in [6, 6.07) is 0.302. The van der Waals surface area contributed by atoms with Gasteiger partial charge in [-0.3, -0.25) is 0 Å². The van der Waals surface area contributed by atoms with Gasteiger partial charge in [0.15, 0.2) is 0 Å². The molecule has 0 aliphatic carbocycles. The van der Waals surface area contributed by atoms with Gasteiger partial charge in [0, 0.05) is 19.5 Å². The Bertz CT molecular complexity index is 354. The Morgan fingerprint density at radius 2 is 2.24 bits per heavy atom. The first kappa shape index (κ1) is 14.8. The number of hydrogen-bond acceptors (Lipinski definition) is 3. The van der Waals surface area contributed by atoms with Crippen LogP contribution >= 0.6 is 0 Å². The molecule has 0 aromatic heterocycles. The first-order chi connectivity index (χ1) is 8.06. The fourth-order valence-electron chi connectivity index (χ4n) is 1.15. The summed E-state index contributed by atoms with van der Waals surface area (Å²) < 4.78 is 0. The molecule has 0 rings (SSSR count). The summed E-state index contributed by atoms with van der Waals surface area (Å²) in [5.74, 6) is 1.01. The van der Waals surface area contributed by atoms with Gasteiger partial charge in [-0.2, -0.15) is 5.26 Å². The molecule has 0 aliphatic heterocycles. The highest BCUT2D eigenvalue weighted by molar-refractivity contribution is 5.82. The minimum atomic E-state index is -1.17. The standard InChI is InChI=1S/C11H15N3O3/c1-3-6-9(10(15)16)13-11(17)14(4-2)8-5-7-12/h1,9H,4-6,8H2,2H3,(H,13,17)(H,15,16). The SMILES string of the molecule is C#CCC(NC(=O)N(CC)CCC#N)C(=O)O. The summed E-state index contributed by atoms with van der Waals surface area (Å²) in [7, 11) is 0. The molecule has 2 amide bonds. The van der Waals surface area contributed by atoms with Crippen LogP contribution < -0.4 is 5.32 Å². The number of aliphatic carboxylic acids is 1. The van der Waals surface area contributed by atoms with Crippen LogP contribution in [0.15, 0.2) is 0 Å². The van der Waals surface area contributed by atoms with Gasteiger partial charge in [0.1, 0.15) is 6.04 Å². The Hall–Kier alpha value is -2.21. The Balaban J connectivity index is 4.42. The van der Waals surface area contributed by atoms with Gasteiger partial charge in [-0.1, -0.05) is 0 Å². The normalized spacial score (nSPS) is 10.8. The number of urea groups is 1. The molecule has 1 atom stereocenters. The van der Waals surface area contributed by atoms with Gasteiger partial charge in [0.2, 0.25) is 0 Å². The molecular formula is C11H15N3O3. The first-order valence-corrected chi connectivity index (χ1v) is 5.15. The molecular weight excluding hydrogens is 222 g/mol. The van der Waals surface area contributed by atoms with Crippen LogP contribution in [-0.4, -0.2) is 41.1 Å². The van der Waals surface area contributed by atoms with Crippen LogP contribution in [0.3, 0.4) is 0 Å². The fourth-order valence-corrected chi connectivity index (χ4v) is 1.15. The number of nitrogens with zero attached hydrogens (tertiary/aromatic N) is 2. The Kier molecular flexibility index (Phi) is 6.96. The zero-order valence-electron chi connectivity index (χ0n) is 9.64. The molecule has 92 valence electrons. The predicted molar refractivity (Wildman–Crippen MR) is 60.9 cm³/mol. The van der Waals surface area contributed by atoms with Gasteiger partial charge in [-0.25, -0.2) is 9.59 Å². The quantitative estimate of drug-likeness (QED) is 0.654. The van der Waals surface area contributed by atoms with Crippen molar-refractivity contribution in [1.82, 2.24) is 10.2 Å². The van der Waals surface area contributed by atoms with E-state index in [0.29, 0.717) is 6.54 Å². The van der Waals surface area contributed by atoms with Crippen LogP contribution in [0.25, 0.3) is 0 Å². The van der Waals surface area contributed by atoms with Gasteiger partial charge < -0.3 is 15.3 Å². The van der Waals surface area contributed by atoms with Crippen LogP contribution in [0.1, 0.15) is 19.8 Å². The van der Waals surface area contributed by atoms with E-state index in [-0.39, 0.29) is 19.4 Å². The predicted octanol–water partition coefficient (Wildman–Crippen LogP) is 0.408. The number of hydrogen-bond donors (Lipinski definition) is 2. The van der Waals surface area contributed by atoms with E-state index >= 15 is 0 Å². The first-order valence-electron chi connectivity index (χ1n) is 5.15. The molecule has 2 N–H and O–H groups in total. The summed E-state index contributed by atoms with van der Waals surface area (Å²) in [6.07, 6.45) is 5.14. The van der Waals surface area contributed by atoms with Crippen molar-refractivity contribution in [2.24, 2.45) is 0 Å². The second-order valence-electron chi connectivity index (χ2n) is 3.24. The maximum absolute atomic E-state index is 11.6. The van der Waals surface area contributed by atoms with Gasteiger partial charge in [0.05, 0.1) is 12.5 Å². The largest absolute Gasteiger partial charge is 0.480 e. The van der Waals surface area contributed by atoms with E-state index in [0.717, 1.165) is 0 Å². The second kappa shape index (κ2) is 8.00. The molecule has 0 heterocycles. The monoisotopic (exact) mass is 237 g/mol. The van der Waals surface area contributed by atoms with Crippen molar-refractivity contribution >= 4 is 12.0 Å². The highest BCUT2D eigenvalue weighted by Crippen LogP contribution is 1.96. The van der Waals surface area contributed by atoms with Crippen molar-refractivity contribution in [3.8, 4) is 18.4 Å². The zero-order chi connectivity index (χ0) is 13.3. The molecule has 0 radical (unpaired) electrons. The van der Waals surface area contributed by atoms with Crippen LogP contribution in [0.4, 0.5) is 4.79 Å². The van der Waals surface area contributed by atoms with Gasteiger partial charge in [-0.05, 0) is 6.92 Å². The molecule has 0 saturated heterocycles. The molecule has 0 aromatic carbocycles. The van der Waals surface area contributed by atoms with E-state index in [9.17, 15) is 9.59 Å². The molecule has 0 bridgehead atoms. The van der Waals surface area contributed by atoms with Crippen molar-refractivity contribution < 1.29 is 14.7 Å². The lowest BCUT2D eigenvalue weighted by atomic mass is 10.2. The highest BCUT2D eigenvalue weighted by atomic mass is 16.4. The topological polar surface area (TPSA) is 93.4 Å². The maximum atomic E-state index is 11.6. The fraction of sp³-hybridized carbons (Fsp3) is 0.545. The second-order valence-corrected chi connectivity index (χ2v) is 3.24. The number of amides is 2. The average molecular weight is 237 g/mol. The van der Waals surface area contributed by atoms with E-state index in [4.69, 9.17) is 16.8 Å². The van der Waals surface area contributed by atoms with Gasteiger partial charge >= 0.3 is 12.0 Å². The number of nitriles is 1. The van der Waals surface area contributed by atoms with Crippen LogP contribution in [0, 0.1) is 23.7 Å². The molecule has 6 nitrogen and oxygen atoms in total. The summed E-state index contributed by atoms with van der Waals surface area (Å²) in [6.45, 7) is 2.41. The maximum Gasteiger partial charge on any atom is 0.327 e. The third-order valence-corrected chi connectivity index (χ3v) is 2.08. The Morgan fingerprint density at radius 3 is 2.65 bits per heavy atom. The van der Waals surface area contributed by atoms with Crippen LogP contribution in [0.2, 0.25) is 0 Å². The third-order valence-electron chi connectivity index (χ3n) is 2.08. The molecule has 0 aliphatic rings. The van der Waals surface area contributed by atoms with Crippen molar-refractivity contribution in [2.75, 3.05) is 13.1 Å². The van der Waals surface area contributed by atoms with E-state index in [2.05, 4.69) is 11.2 Å². The van der Waals surface area contributed by atoms with Crippen molar-refractivity contribution in [1.29, 1.82) is 5.26 Å². The lowest BCUT2D eigenvalue weighted by Gasteiger charge is -2.22. The highest BCUT2D eigenvalue weighted by Gasteiger charge is 2.21. The zero-order valence-corrected chi connectivity index (χ0v) is 9.64. The smallest absolute Gasteiger partial charge is 0.327 e. The van der Waals surface area contributed by atoms with Gasteiger partial charge in [-0.15, -0.1) is 12.3 Å². The molecule has 0 aromatic rings. The lowest BCUT2D eigenvalue weighted by molar-refractivity contribution is -0.139. The Labute approximate surface area is 100 Å². The summed E-state index contributed by atoms with van der Waals surface area (Å²) in [5, 5.41) is 19.5. The van der Waals surface area contributed by atoms with Crippen molar-refractivity contribution in [2.45, 2.75) is 25.8 Å². The number of carbonyl (C=O) groups excluding carboxylic acids is 1. The van der Waals surface area contributed by atoms with Crippen LogP contribution in [0.5, 0.6) is 0 Å². The van der Waals surface area contributed by atoms with Crippen molar-refractivity contribution in [3.05, 3.63) is 0 Å². The number of terminal acetylenes is 1. The van der Waals surface area contributed by atoms with E-state index in [1.54, 1.807) is 6.92 Å². The molecule has 17 heavy (non-hydrogen) atoms. The summed E-state index contributed by atoms with van der Waals surface area (Å²) in [4.78, 5) is 23.8. The molecule has 0 spiro atoms. The number of carboxylic acid groups (broad SMARTS) is 1. The van der Waals surface area contributed by atoms with Crippen LogP contribution in [-0.2, 0) is 4.79 Å². The molecule has 0 fully saturated rings. The van der Waals surface area contributed by atoms with Gasteiger partial charge in [0.25, 0.3) is 0 Å². The Morgan fingerprint density at radius 1 is 1.59 bits per heavy atom. The van der Waals surface area contributed by atoms with E-state index < -0.39 is 18.0 Å². The number of rotatable bonds is 6. The molecule has 0 saturated carbocycles. The number of carbonyl (C=O) groups is 2. The minimum Gasteiger partial charge on any atom is -0.480 e. The summed E-state index contributed by atoms with van der Waals surface area (Å²) >= 11 is 0. The minimum absolute atomic E-state index is 0.0725. The van der Waals surface area contributed by atoms with E-state index in [1.165, 1.54) is 4.90 Å².